The Labute approximate surface area is 122 Å². The van der Waals surface area contributed by atoms with E-state index in [0.29, 0.717) is 17.5 Å². The lowest BCUT2D eigenvalue weighted by atomic mass is 10.2. The molecule has 2 aromatic heterocycles. The maximum Gasteiger partial charge on any atom is 0.232 e. The molecule has 6 nitrogen and oxygen atoms in total. The lowest BCUT2D eigenvalue weighted by molar-refractivity contribution is 1.06. The van der Waals surface area contributed by atoms with E-state index in [1.807, 2.05) is 49.4 Å². The van der Waals surface area contributed by atoms with Crippen LogP contribution in [0.25, 0.3) is 11.5 Å². The smallest absolute Gasteiger partial charge is 0.232 e. The second-order valence-electron chi connectivity index (χ2n) is 4.55. The maximum absolute atomic E-state index is 5.76. The topological polar surface area (TPSA) is 89.6 Å². The number of hydrogen-bond acceptors (Lipinski definition) is 6. The lowest BCUT2D eigenvalue weighted by Gasteiger charge is -2.07. The minimum absolute atomic E-state index is 0.154. The fourth-order valence-corrected chi connectivity index (χ4v) is 1.87. The van der Waals surface area contributed by atoms with E-state index < -0.39 is 0 Å². The van der Waals surface area contributed by atoms with Gasteiger partial charge >= 0.3 is 0 Å². The van der Waals surface area contributed by atoms with Crippen LogP contribution in [0.1, 0.15) is 5.56 Å². The van der Waals surface area contributed by atoms with Crippen LogP contribution in [0, 0.1) is 6.92 Å². The summed E-state index contributed by atoms with van der Waals surface area (Å²) in [4.78, 5) is 16.9. The predicted octanol–water partition coefficient (Wildman–Crippen LogP) is 2.57. The molecule has 1 aromatic carbocycles. The third-order valence-corrected chi connectivity index (χ3v) is 2.83. The Morgan fingerprint density at radius 3 is 2.57 bits per heavy atom. The first kappa shape index (κ1) is 13.0. The van der Waals surface area contributed by atoms with Gasteiger partial charge in [-0.2, -0.15) is 15.0 Å². The van der Waals surface area contributed by atoms with Gasteiger partial charge in [0.15, 0.2) is 5.82 Å². The number of benzene rings is 1. The molecule has 21 heavy (non-hydrogen) atoms. The van der Waals surface area contributed by atoms with Gasteiger partial charge in [-0.1, -0.05) is 18.2 Å². The van der Waals surface area contributed by atoms with Gasteiger partial charge in [-0.3, -0.25) is 4.98 Å². The summed E-state index contributed by atoms with van der Waals surface area (Å²) < 4.78 is 0. The standard InChI is InChI=1S/C15H14N6/c1-10-7-8-17-12(9-10)13-19-14(16)21-15(20-13)18-11-5-3-2-4-6-11/h2-9H,1H3,(H3,16,18,19,20,21). The molecular weight excluding hydrogens is 264 g/mol. The summed E-state index contributed by atoms with van der Waals surface area (Å²) in [6, 6.07) is 13.5. The highest BCUT2D eigenvalue weighted by molar-refractivity contribution is 5.58. The highest BCUT2D eigenvalue weighted by Crippen LogP contribution is 2.18. The monoisotopic (exact) mass is 278 g/mol. The molecule has 0 aliphatic rings. The predicted molar refractivity (Wildman–Crippen MR) is 81.9 cm³/mol. The minimum Gasteiger partial charge on any atom is -0.368 e. The van der Waals surface area contributed by atoms with Gasteiger partial charge in [0.2, 0.25) is 11.9 Å². The van der Waals surface area contributed by atoms with Crippen LogP contribution in [0.5, 0.6) is 0 Å². The summed E-state index contributed by atoms with van der Waals surface area (Å²) in [5.41, 5.74) is 8.39. The van der Waals surface area contributed by atoms with E-state index in [2.05, 4.69) is 25.3 Å². The van der Waals surface area contributed by atoms with Crippen LogP contribution >= 0.6 is 0 Å². The van der Waals surface area contributed by atoms with Gasteiger partial charge in [0.25, 0.3) is 0 Å². The Bertz CT molecular complexity index is 757. The number of aromatic nitrogens is 4. The van der Waals surface area contributed by atoms with Gasteiger partial charge in [0.05, 0.1) is 0 Å². The Morgan fingerprint density at radius 1 is 1.00 bits per heavy atom. The minimum atomic E-state index is 0.154. The van der Waals surface area contributed by atoms with Gasteiger partial charge in [0, 0.05) is 11.9 Å². The van der Waals surface area contributed by atoms with Crippen molar-refractivity contribution in [2.24, 2.45) is 0 Å². The highest BCUT2D eigenvalue weighted by Gasteiger charge is 2.08. The van der Waals surface area contributed by atoms with Gasteiger partial charge in [-0.15, -0.1) is 0 Å². The molecule has 0 radical (unpaired) electrons. The van der Waals surface area contributed by atoms with Crippen molar-refractivity contribution in [2.45, 2.75) is 6.92 Å². The number of hydrogen-bond donors (Lipinski definition) is 2. The molecule has 0 aliphatic heterocycles. The van der Waals surface area contributed by atoms with Crippen molar-refractivity contribution in [2.75, 3.05) is 11.1 Å². The first-order valence-corrected chi connectivity index (χ1v) is 6.47. The molecule has 3 rings (SSSR count). The van der Waals surface area contributed by atoms with Crippen LogP contribution in [-0.2, 0) is 0 Å². The Kier molecular flexibility index (Phi) is 3.42. The molecule has 3 aromatic rings. The first-order valence-electron chi connectivity index (χ1n) is 6.47. The number of nitrogens with zero attached hydrogens (tertiary/aromatic N) is 4. The van der Waals surface area contributed by atoms with E-state index in [-0.39, 0.29) is 5.95 Å². The molecule has 0 saturated heterocycles. The number of nitrogens with one attached hydrogen (secondary N) is 1. The molecule has 0 aliphatic carbocycles. The molecule has 0 saturated carbocycles. The maximum atomic E-state index is 5.76. The summed E-state index contributed by atoms with van der Waals surface area (Å²) in [6.07, 6.45) is 1.72. The first-order chi connectivity index (χ1) is 10.2. The van der Waals surface area contributed by atoms with Crippen molar-refractivity contribution in [3.63, 3.8) is 0 Å². The van der Waals surface area contributed by atoms with Gasteiger partial charge < -0.3 is 11.1 Å². The van der Waals surface area contributed by atoms with Gasteiger partial charge in [0.1, 0.15) is 5.69 Å². The Balaban J connectivity index is 1.97. The molecule has 0 amide bonds. The molecule has 3 N–H and O–H groups in total. The summed E-state index contributed by atoms with van der Waals surface area (Å²) in [5, 5.41) is 3.10. The van der Waals surface area contributed by atoms with Crippen LogP contribution in [0.4, 0.5) is 17.6 Å². The average Bonchev–Trinajstić information content (AvgIpc) is 2.48. The van der Waals surface area contributed by atoms with Crippen LogP contribution in [0.15, 0.2) is 48.7 Å². The fourth-order valence-electron chi connectivity index (χ4n) is 1.87. The summed E-state index contributed by atoms with van der Waals surface area (Å²) >= 11 is 0. The number of anilines is 3. The molecule has 2 heterocycles. The van der Waals surface area contributed by atoms with Gasteiger partial charge in [-0.05, 0) is 36.8 Å². The second-order valence-corrected chi connectivity index (χ2v) is 4.55. The third-order valence-electron chi connectivity index (χ3n) is 2.83. The van der Waals surface area contributed by atoms with Crippen LogP contribution in [-0.4, -0.2) is 19.9 Å². The summed E-state index contributed by atoms with van der Waals surface area (Å²) in [7, 11) is 0. The Morgan fingerprint density at radius 2 is 1.81 bits per heavy atom. The van der Waals surface area contributed by atoms with Gasteiger partial charge in [-0.25, -0.2) is 0 Å². The number of aryl methyl sites for hydroxylation is 1. The number of pyridine rings is 1. The Hall–Kier alpha value is -3.02. The molecule has 6 heteroatoms. The largest absolute Gasteiger partial charge is 0.368 e. The number of nitrogens with two attached hydrogens (primary N) is 1. The average molecular weight is 278 g/mol. The molecule has 104 valence electrons. The van der Waals surface area contributed by atoms with Crippen molar-refractivity contribution >= 4 is 17.6 Å². The normalized spacial score (nSPS) is 10.3. The van der Waals surface area contributed by atoms with Crippen LogP contribution < -0.4 is 11.1 Å². The highest BCUT2D eigenvalue weighted by atomic mass is 15.2. The van der Waals surface area contributed by atoms with E-state index >= 15 is 0 Å². The number of nitrogen functional groups attached to an aromatic ring is 1. The molecule has 0 spiro atoms. The number of para-hydroxylation sites is 1. The van der Waals surface area contributed by atoms with E-state index in [0.717, 1.165) is 11.3 Å². The summed E-state index contributed by atoms with van der Waals surface area (Å²) in [6.45, 7) is 1.98. The second kappa shape index (κ2) is 5.54. The number of rotatable bonds is 3. The molecule has 0 atom stereocenters. The third kappa shape index (κ3) is 3.11. The van der Waals surface area contributed by atoms with Crippen molar-refractivity contribution in [1.29, 1.82) is 0 Å². The van der Waals surface area contributed by atoms with E-state index in [4.69, 9.17) is 5.73 Å². The zero-order valence-corrected chi connectivity index (χ0v) is 11.5. The molecule has 0 fully saturated rings. The van der Waals surface area contributed by atoms with Crippen LogP contribution in [0.2, 0.25) is 0 Å². The molecule has 0 unspecified atom stereocenters. The molecule has 0 bridgehead atoms. The molecular formula is C15H14N6. The zero-order valence-electron chi connectivity index (χ0n) is 11.5. The summed E-state index contributed by atoms with van der Waals surface area (Å²) in [5.74, 6) is 0.998. The lowest BCUT2D eigenvalue weighted by Crippen LogP contribution is -2.05. The van der Waals surface area contributed by atoms with Crippen molar-refractivity contribution < 1.29 is 0 Å². The van der Waals surface area contributed by atoms with Crippen molar-refractivity contribution in [3.8, 4) is 11.5 Å². The van der Waals surface area contributed by atoms with Crippen LogP contribution in [0.3, 0.4) is 0 Å². The van der Waals surface area contributed by atoms with Crippen molar-refractivity contribution in [1.82, 2.24) is 19.9 Å². The van der Waals surface area contributed by atoms with E-state index in [1.54, 1.807) is 6.20 Å². The van der Waals surface area contributed by atoms with E-state index in [1.165, 1.54) is 0 Å². The SMILES string of the molecule is Cc1ccnc(-c2nc(N)nc(Nc3ccccc3)n2)c1. The fraction of sp³-hybridized carbons (Fsp3) is 0.0667. The van der Waals surface area contributed by atoms with E-state index in [9.17, 15) is 0 Å². The quantitative estimate of drug-likeness (QED) is 0.765. The zero-order chi connectivity index (χ0) is 14.7. The van der Waals surface area contributed by atoms with Crippen molar-refractivity contribution in [3.05, 3.63) is 54.2 Å².